The summed E-state index contributed by atoms with van der Waals surface area (Å²) < 4.78 is 11.6. The Morgan fingerprint density at radius 1 is 1.02 bits per heavy atom. The fourth-order valence-corrected chi connectivity index (χ4v) is 6.05. The monoisotopic (exact) mass is 566 g/mol. The molecule has 11 heteroatoms. The minimum Gasteiger partial charge on any atom is -0.492 e. The first-order valence-electron chi connectivity index (χ1n) is 15.2. The van der Waals surface area contributed by atoms with Crippen molar-refractivity contribution in [1.29, 1.82) is 0 Å². The van der Waals surface area contributed by atoms with Crippen molar-refractivity contribution >= 4 is 28.9 Å². The van der Waals surface area contributed by atoms with Crippen LogP contribution < -0.4 is 26.0 Å². The smallest absolute Gasteiger partial charge is 0.271 e. The molecule has 3 saturated heterocycles. The van der Waals surface area contributed by atoms with Crippen LogP contribution in [0.1, 0.15) is 55.7 Å². The van der Waals surface area contributed by atoms with Crippen LogP contribution in [0.3, 0.4) is 0 Å². The molecule has 0 spiro atoms. The number of carbonyl (C=O) groups excluding carboxylic acids is 1. The molecular formula is C30H46N8O3. The number of likely N-dealkylation sites (N-methyl/N-ethyl adjacent to an activating group) is 1. The lowest BCUT2D eigenvalue weighted by molar-refractivity contribution is 0.0903. The molecule has 2 aromatic rings. The maximum absolute atomic E-state index is 12.4. The molecule has 0 saturated carbocycles. The summed E-state index contributed by atoms with van der Waals surface area (Å²) in [6.45, 7) is 12.6. The fourth-order valence-electron chi connectivity index (χ4n) is 6.05. The Kier molecular flexibility index (Phi) is 9.79. The summed E-state index contributed by atoms with van der Waals surface area (Å²) in [6.07, 6.45) is 4.74. The Morgan fingerprint density at radius 2 is 1.76 bits per heavy atom. The van der Waals surface area contributed by atoms with E-state index >= 15 is 0 Å². The second-order valence-electron chi connectivity index (χ2n) is 11.3. The summed E-state index contributed by atoms with van der Waals surface area (Å²) >= 11 is 0. The first kappa shape index (κ1) is 29.3. The molecule has 0 aliphatic carbocycles. The molecule has 4 heterocycles. The van der Waals surface area contributed by atoms with Gasteiger partial charge in [-0.1, -0.05) is 6.92 Å². The van der Waals surface area contributed by atoms with Gasteiger partial charge in [-0.2, -0.15) is 0 Å². The SMILES string of the molecule is CCOc1cc(Nc2nc(NC3CCOCC3)c(CC)nc2C(N)=O)ccc1N1CCC(N2CCN(C)CC2)CC1. The van der Waals surface area contributed by atoms with E-state index in [0.717, 1.165) is 101 Å². The number of hydrogen-bond acceptors (Lipinski definition) is 10. The van der Waals surface area contributed by atoms with E-state index in [-0.39, 0.29) is 11.7 Å². The molecule has 0 atom stereocenters. The number of nitrogens with one attached hydrogen (secondary N) is 2. The van der Waals surface area contributed by atoms with Crippen LogP contribution in [0.2, 0.25) is 0 Å². The van der Waals surface area contributed by atoms with Crippen LogP contribution in [0.4, 0.5) is 23.0 Å². The summed E-state index contributed by atoms with van der Waals surface area (Å²) in [7, 11) is 2.21. The van der Waals surface area contributed by atoms with E-state index in [0.29, 0.717) is 30.7 Å². The van der Waals surface area contributed by atoms with Crippen molar-refractivity contribution in [3.05, 3.63) is 29.6 Å². The highest BCUT2D eigenvalue weighted by Crippen LogP contribution is 2.35. The molecule has 0 unspecified atom stereocenters. The van der Waals surface area contributed by atoms with Crippen LogP contribution in [0.15, 0.2) is 18.2 Å². The van der Waals surface area contributed by atoms with Crippen LogP contribution in [0.5, 0.6) is 5.75 Å². The molecule has 1 aromatic carbocycles. The Labute approximate surface area is 243 Å². The quantitative estimate of drug-likeness (QED) is 0.396. The van der Waals surface area contributed by atoms with Crippen molar-refractivity contribution in [2.24, 2.45) is 5.73 Å². The van der Waals surface area contributed by atoms with Crippen molar-refractivity contribution in [3.63, 3.8) is 0 Å². The maximum atomic E-state index is 12.4. The van der Waals surface area contributed by atoms with Crippen LogP contribution in [-0.4, -0.2) is 104 Å². The van der Waals surface area contributed by atoms with Crippen molar-refractivity contribution < 1.29 is 14.3 Å². The van der Waals surface area contributed by atoms with Gasteiger partial charge in [0.05, 0.1) is 18.0 Å². The molecule has 0 radical (unpaired) electrons. The fraction of sp³-hybridized carbons (Fsp3) is 0.633. The molecule has 3 fully saturated rings. The average molecular weight is 567 g/mol. The van der Waals surface area contributed by atoms with Gasteiger partial charge in [-0.25, -0.2) is 9.97 Å². The summed E-state index contributed by atoms with van der Waals surface area (Å²) in [5.74, 6) is 1.22. The van der Waals surface area contributed by atoms with E-state index in [1.807, 2.05) is 26.0 Å². The molecule has 224 valence electrons. The Bertz CT molecular complexity index is 1170. The zero-order valence-electron chi connectivity index (χ0n) is 24.8. The number of anilines is 4. The standard InChI is InChI=1S/C30H46N8O3/c1-4-24-29(32-21-10-18-40-19-11-21)35-30(27(34-24)28(31)39)33-22-6-7-25(26(20-22)41-5-2)38-12-8-23(9-13-38)37-16-14-36(3)15-17-37/h6-7,20-21,23H,4-5,8-19H2,1-3H3,(H2,31,39)(H2,32,33,35). The second kappa shape index (κ2) is 13.7. The Balaban J connectivity index is 1.33. The van der Waals surface area contributed by atoms with E-state index in [9.17, 15) is 4.79 Å². The highest BCUT2D eigenvalue weighted by Gasteiger charge is 2.28. The minimum absolute atomic E-state index is 0.132. The summed E-state index contributed by atoms with van der Waals surface area (Å²) in [5.41, 5.74) is 8.46. The van der Waals surface area contributed by atoms with Gasteiger partial charge in [0.1, 0.15) is 5.75 Å². The number of ether oxygens (including phenoxy) is 2. The van der Waals surface area contributed by atoms with E-state index in [1.54, 1.807) is 0 Å². The maximum Gasteiger partial charge on any atom is 0.271 e. The van der Waals surface area contributed by atoms with Gasteiger partial charge in [0.15, 0.2) is 17.3 Å². The number of primary amides is 1. The zero-order chi connectivity index (χ0) is 28.8. The van der Waals surface area contributed by atoms with E-state index in [4.69, 9.17) is 20.2 Å². The number of piperidine rings is 1. The van der Waals surface area contributed by atoms with E-state index in [2.05, 4.69) is 43.4 Å². The third-order valence-corrected chi connectivity index (χ3v) is 8.48. The van der Waals surface area contributed by atoms with Crippen molar-refractivity contribution in [2.75, 3.05) is 81.7 Å². The lowest BCUT2D eigenvalue weighted by atomic mass is 10.0. The normalized spacial score (nSPS) is 19.7. The van der Waals surface area contributed by atoms with Gasteiger partial charge in [0, 0.05) is 76.3 Å². The predicted molar refractivity (Wildman–Crippen MR) is 163 cm³/mol. The van der Waals surface area contributed by atoms with Crippen LogP contribution in [0, 0.1) is 0 Å². The molecule has 1 amide bonds. The second-order valence-corrected chi connectivity index (χ2v) is 11.3. The molecule has 5 rings (SSSR count). The number of nitrogens with two attached hydrogens (primary N) is 1. The number of nitrogens with zero attached hydrogens (tertiary/aromatic N) is 5. The highest BCUT2D eigenvalue weighted by atomic mass is 16.5. The molecule has 1 aromatic heterocycles. The summed E-state index contributed by atoms with van der Waals surface area (Å²) in [6, 6.07) is 6.99. The van der Waals surface area contributed by atoms with Gasteiger partial charge in [-0.15, -0.1) is 0 Å². The number of amides is 1. The lowest BCUT2D eigenvalue weighted by Crippen LogP contribution is -2.52. The number of benzene rings is 1. The lowest BCUT2D eigenvalue weighted by Gasteiger charge is -2.42. The number of piperazine rings is 1. The molecule has 41 heavy (non-hydrogen) atoms. The molecule has 3 aliphatic heterocycles. The first-order chi connectivity index (χ1) is 19.9. The molecule has 3 aliphatic rings. The number of rotatable bonds is 10. The van der Waals surface area contributed by atoms with Gasteiger partial charge in [0.25, 0.3) is 5.91 Å². The molecule has 11 nitrogen and oxygen atoms in total. The highest BCUT2D eigenvalue weighted by molar-refractivity contribution is 5.96. The minimum atomic E-state index is -0.614. The van der Waals surface area contributed by atoms with Crippen molar-refractivity contribution in [1.82, 2.24) is 19.8 Å². The zero-order valence-corrected chi connectivity index (χ0v) is 24.8. The number of aromatic nitrogens is 2. The average Bonchev–Trinajstić information content (AvgIpc) is 2.99. The summed E-state index contributed by atoms with van der Waals surface area (Å²) in [4.78, 5) is 29.3. The van der Waals surface area contributed by atoms with Gasteiger partial charge < -0.3 is 35.6 Å². The van der Waals surface area contributed by atoms with Gasteiger partial charge >= 0.3 is 0 Å². The molecule has 4 N–H and O–H groups in total. The largest absolute Gasteiger partial charge is 0.492 e. The third kappa shape index (κ3) is 7.20. The van der Waals surface area contributed by atoms with Gasteiger partial charge in [-0.05, 0) is 58.2 Å². The molecule has 0 bridgehead atoms. The molecular weight excluding hydrogens is 520 g/mol. The van der Waals surface area contributed by atoms with Crippen LogP contribution >= 0.6 is 0 Å². The van der Waals surface area contributed by atoms with Crippen molar-refractivity contribution in [3.8, 4) is 5.75 Å². The topological polar surface area (TPSA) is 121 Å². The number of carbonyl (C=O) groups is 1. The first-order valence-corrected chi connectivity index (χ1v) is 15.2. The van der Waals surface area contributed by atoms with Crippen LogP contribution in [-0.2, 0) is 11.2 Å². The van der Waals surface area contributed by atoms with Gasteiger partial charge in [-0.3, -0.25) is 9.69 Å². The third-order valence-electron chi connectivity index (χ3n) is 8.48. The summed E-state index contributed by atoms with van der Waals surface area (Å²) in [5, 5.41) is 6.84. The van der Waals surface area contributed by atoms with E-state index < -0.39 is 5.91 Å². The van der Waals surface area contributed by atoms with Crippen molar-refractivity contribution in [2.45, 2.75) is 58.0 Å². The predicted octanol–water partition coefficient (Wildman–Crippen LogP) is 3.09. The van der Waals surface area contributed by atoms with E-state index in [1.165, 1.54) is 0 Å². The Hall–Kier alpha value is -3.15. The Morgan fingerprint density at radius 3 is 2.41 bits per heavy atom. The number of hydrogen-bond donors (Lipinski definition) is 3. The van der Waals surface area contributed by atoms with Gasteiger partial charge in [0.2, 0.25) is 0 Å². The van der Waals surface area contributed by atoms with Crippen LogP contribution in [0.25, 0.3) is 0 Å². The number of aryl methyl sites for hydroxylation is 1.